The van der Waals surface area contributed by atoms with Gasteiger partial charge in [-0.05, 0) is 13.3 Å². The Labute approximate surface area is 115 Å². The second kappa shape index (κ2) is 5.72. The second-order valence-corrected chi connectivity index (χ2v) is 4.90. The highest BCUT2D eigenvalue weighted by molar-refractivity contribution is 6.65. The standard InChI is InChI=1S/C12H12Cl2N2O2/c1-8(13)15-12(14)6-9-2-3-11(17)10-4-5-18-7-16(9)10/h3,6,10H,4-5,7H2,1H3/b12-6-,15-8+/t10-/m0/s1. The van der Waals surface area contributed by atoms with Crippen LogP contribution in [-0.2, 0) is 9.53 Å². The van der Waals surface area contributed by atoms with Crippen molar-refractivity contribution in [3.8, 4) is 0 Å². The van der Waals surface area contributed by atoms with Crippen molar-refractivity contribution in [3.05, 3.63) is 28.7 Å². The van der Waals surface area contributed by atoms with Gasteiger partial charge in [0, 0.05) is 12.2 Å². The molecule has 0 amide bonds. The third kappa shape index (κ3) is 3.03. The summed E-state index contributed by atoms with van der Waals surface area (Å²) in [6.45, 7) is 2.58. The fourth-order valence-corrected chi connectivity index (χ4v) is 2.24. The topological polar surface area (TPSA) is 41.9 Å². The van der Waals surface area contributed by atoms with E-state index in [9.17, 15) is 4.79 Å². The quantitative estimate of drug-likeness (QED) is 0.445. The zero-order valence-corrected chi connectivity index (χ0v) is 11.3. The lowest BCUT2D eigenvalue weighted by Gasteiger charge is -2.36. The molecule has 1 fully saturated rings. The number of ether oxygens (including phenoxy) is 1. The van der Waals surface area contributed by atoms with Crippen LogP contribution >= 0.6 is 23.2 Å². The Morgan fingerprint density at radius 2 is 2.44 bits per heavy atom. The lowest BCUT2D eigenvalue weighted by atomic mass is 10.0. The molecule has 0 aromatic heterocycles. The molecule has 2 rings (SSSR count). The van der Waals surface area contributed by atoms with Gasteiger partial charge in [-0.25, -0.2) is 4.99 Å². The third-order valence-electron chi connectivity index (χ3n) is 2.66. The normalized spacial score (nSPS) is 25.1. The molecule has 1 atom stereocenters. The van der Waals surface area contributed by atoms with E-state index in [0.29, 0.717) is 30.6 Å². The lowest BCUT2D eigenvalue weighted by Crippen LogP contribution is -2.46. The van der Waals surface area contributed by atoms with E-state index in [0.717, 1.165) is 0 Å². The van der Waals surface area contributed by atoms with Gasteiger partial charge in [0.2, 0.25) is 0 Å². The molecule has 2 aliphatic rings. The number of hydrogen-bond donors (Lipinski definition) is 0. The minimum atomic E-state index is -0.184. The molecular formula is C12H12Cl2N2O2. The van der Waals surface area contributed by atoms with Crippen molar-refractivity contribution >= 4 is 34.2 Å². The Kier molecular flexibility index (Phi) is 4.25. The van der Waals surface area contributed by atoms with Crippen LogP contribution in [0.2, 0.25) is 0 Å². The van der Waals surface area contributed by atoms with E-state index in [1.807, 2.05) is 4.90 Å². The highest BCUT2D eigenvalue weighted by Gasteiger charge is 2.31. The molecule has 1 saturated heterocycles. The van der Waals surface area contributed by atoms with Gasteiger partial charge in [0.1, 0.15) is 17.1 Å². The number of nitrogens with zero attached hydrogens (tertiary/aromatic N) is 2. The van der Waals surface area contributed by atoms with Gasteiger partial charge >= 0.3 is 0 Å². The first-order valence-electron chi connectivity index (χ1n) is 5.51. The predicted octanol–water partition coefficient (Wildman–Crippen LogP) is 2.39. The summed E-state index contributed by atoms with van der Waals surface area (Å²) < 4.78 is 5.34. The Bertz CT molecular complexity index is 486. The van der Waals surface area contributed by atoms with Crippen molar-refractivity contribution < 1.29 is 9.53 Å². The number of hydrogen-bond acceptors (Lipinski definition) is 4. The van der Waals surface area contributed by atoms with E-state index in [1.54, 1.807) is 13.0 Å². The molecule has 18 heavy (non-hydrogen) atoms. The molecule has 2 heterocycles. The lowest BCUT2D eigenvalue weighted by molar-refractivity contribution is -0.126. The zero-order valence-electron chi connectivity index (χ0n) is 9.82. The summed E-state index contributed by atoms with van der Waals surface area (Å²) in [4.78, 5) is 17.4. The molecule has 0 radical (unpaired) electrons. The number of carbonyl (C=O) groups excluding carboxylic acids is 1. The summed E-state index contributed by atoms with van der Waals surface area (Å²) in [6.07, 6.45) is 3.74. The summed E-state index contributed by atoms with van der Waals surface area (Å²) in [7, 11) is 0. The number of rotatable bonds is 2. The summed E-state index contributed by atoms with van der Waals surface area (Å²) >= 11 is 11.6. The maximum atomic E-state index is 11.7. The molecule has 0 bridgehead atoms. The van der Waals surface area contributed by atoms with Crippen LogP contribution in [-0.4, -0.2) is 35.2 Å². The van der Waals surface area contributed by atoms with Crippen LogP contribution in [0.15, 0.2) is 33.7 Å². The molecule has 6 heteroatoms. The summed E-state index contributed by atoms with van der Waals surface area (Å²) in [5.74, 6) is 0.0450. The van der Waals surface area contributed by atoms with Crippen LogP contribution in [0, 0.1) is 0 Å². The van der Waals surface area contributed by atoms with Gasteiger partial charge < -0.3 is 9.64 Å². The van der Waals surface area contributed by atoms with E-state index >= 15 is 0 Å². The molecule has 0 N–H and O–H groups in total. The number of halogens is 2. The van der Waals surface area contributed by atoms with Crippen LogP contribution < -0.4 is 0 Å². The Morgan fingerprint density at radius 1 is 1.67 bits per heavy atom. The first-order valence-corrected chi connectivity index (χ1v) is 6.26. The first kappa shape index (κ1) is 13.4. The molecular weight excluding hydrogens is 275 g/mol. The Hall–Kier alpha value is -1.06. The van der Waals surface area contributed by atoms with Gasteiger partial charge in [-0.15, -0.1) is 0 Å². The molecule has 0 aliphatic carbocycles. The van der Waals surface area contributed by atoms with Gasteiger partial charge in [-0.3, -0.25) is 4.79 Å². The Morgan fingerprint density at radius 3 is 3.17 bits per heavy atom. The van der Waals surface area contributed by atoms with Gasteiger partial charge in [0.25, 0.3) is 0 Å². The van der Waals surface area contributed by atoms with Gasteiger partial charge in [-0.1, -0.05) is 28.9 Å². The molecule has 0 aromatic rings. The van der Waals surface area contributed by atoms with Gasteiger partial charge in [-0.2, -0.15) is 0 Å². The second-order valence-electron chi connectivity index (χ2n) is 3.96. The van der Waals surface area contributed by atoms with E-state index in [-0.39, 0.29) is 17.0 Å². The van der Waals surface area contributed by atoms with Crippen molar-refractivity contribution in [3.63, 3.8) is 0 Å². The SMILES string of the molecule is C/C(Cl)=N\C(Cl)=C/C1=C=CC(=O)[C@@H]2CCOCN12. The predicted molar refractivity (Wildman–Crippen MR) is 70.6 cm³/mol. The van der Waals surface area contributed by atoms with E-state index < -0.39 is 0 Å². The van der Waals surface area contributed by atoms with Crippen molar-refractivity contribution in [1.29, 1.82) is 0 Å². The molecule has 96 valence electrons. The molecule has 0 unspecified atom stereocenters. The fourth-order valence-electron chi connectivity index (χ4n) is 1.88. The average molecular weight is 287 g/mol. The van der Waals surface area contributed by atoms with Gasteiger partial charge in [0.05, 0.1) is 18.3 Å². The minimum Gasteiger partial charge on any atom is -0.361 e. The third-order valence-corrected chi connectivity index (χ3v) is 2.94. The molecule has 4 nitrogen and oxygen atoms in total. The zero-order chi connectivity index (χ0) is 13.1. The van der Waals surface area contributed by atoms with E-state index in [1.165, 1.54) is 6.08 Å². The molecule has 0 spiro atoms. The monoisotopic (exact) mass is 286 g/mol. The van der Waals surface area contributed by atoms with Crippen molar-refractivity contribution in [2.24, 2.45) is 4.99 Å². The summed E-state index contributed by atoms with van der Waals surface area (Å²) in [5, 5.41) is 0.594. The smallest absolute Gasteiger partial charge is 0.185 e. The summed E-state index contributed by atoms with van der Waals surface area (Å²) in [5.41, 5.74) is 3.57. The molecule has 2 aliphatic heterocycles. The average Bonchev–Trinajstić information content (AvgIpc) is 2.32. The largest absolute Gasteiger partial charge is 0.361 e. The number of ketones is 1. The van der Waals surface area contributed by atoms with Crippen LogP contribution in [0.25, 0.3) is 0 Å². The minimum absolute atomic E-state index is 0.0450. The number of carbonyl (C=O) groups is 1. The maximum Gasteiger partial charge on any atom is 0.185 e. The highest BCUT2D eigenvalue weighted by Crippen LogP contribution is 2.23. The van der Waals surface area contributed by atoms with Crippen LogP contribution in [0.5, 0.6) is 0 Å². The fraction of sp³-hybridized carbons (Fsp3) is 0.417. The number of fused-ring (bicyclic) bond motifs is 1. The van der Waals surface area contributed by atoms with Crippen LogP contribution in [0.4, 0.5) is 0 Å². The Balaban J connectivity index is 2.29. The maximum absolute atomic E-state index is 11.7. The van der Waals surface area contributed by atoms with E-state index in [2.05, 4.69) is 10.7 Å². The molecule has 0 aromatic carbocycles. The first-order chi connectivity index (χ1) is 8.58. The number of aliphatic imine (C=N–C) groups is 1. The summed E-state index contributed by atoms with van der Waals surface area (Å²) in [6, 6.07) is -0.184. The highest BCUT2D eigenvalue weighted by atomic mass is 35.5. The van der Waals surface area contributed by atoms with Crippen LogP contribution in [0.1, 0.15) is 13.3 Å². The van der Waals surface area contributed by atoms with Crippen LogP contribution in [0.3, 0.4) is 0 Å². The van der Waals surface area contributed by atoms with Crippen molar-refractivity contribution in [2.45, 2.75) is 19.4 Å². The van der Waals surface area contributed by atoms with Crippen molar-refractivity contribution in [1.82, 2.24) is 4.90 Å². The van der Waals surface area contributed by atoms with E-state index in [4.69, 9.17) is 27.9 Å². The molecule has 0 saturated carbocycles. The van der Waals surface area contributed by atoms with Crippen molar-refractivity contribution in [2.75, 3.05) is 13.3 Å². The van der Waals surface area contributed by atoms with Gasteiger partial charge in [0.15, 0.2) is 5.78 Å².